The smallest absolute Gasteiger partial charge is 0.175 e. The van der Waals surface area contributed by atoms with E-state index < -0.39 is 17.2 Å². The molecule has 6 nitrogen and oxygen atoms in total. The minimum absolute atomic E-state index is 0.212. The van der Waals surface area contributed by atoms with Gasteiger partial charge < -0.3 is 10.3 Å². The van der Waals surface area contributed by atoms with Gasteiger partial charge in [0, 0.05) is 47.5 Å². The number of hydrogen-bond acceptors (Lipinski definition) is 5. The molecule has 0 amide bonds. The van der Waals surface area contributed by atoms with Gasteiger partial charge in [0.15, 0.2) is 11.7 Å². The van der Waals surface area contributed by atoms with Gasteiger partial charge in [-0.25, -0.2) is 23.7 Å². The predicted molar refractivity (Wildman–Crippen MR) is 87.7 cm³/mol. The van der Waals surface area contributed by atoms with E-state index in [2.05, 4.69) is 19.9 Å². The van der Waals surface area contributed by atoms with E-state index in [1.54, 1.807) is 23.9 Å². The molecule has 0 radical (unpaired) electrons. The molecule has 0 saturated carbocycles. The highest BCUT2D eigenvalue weighted by atomic mass is 19.1. The van der Waals surface area contributed by atoms with Crippen molar-refractivity contribution in [3.63, 3.8) is 0 Å². The van der Waals surface area contributed by atoms with E-state index in [9.17, 15) is 8.78 Å². The Balaban J connectivity index is 1.87. The lowest BCUT2D eigenvalue weighted by Gasteiger charge is -2.31. The Bertz CT molecular complexity index is 982. The van der Waals surface area contributed by atoms with Crippen molar-refractivity contribution in [2.24, 2.45) is 10.7 Å². The monoisotopic (exact) mass is 340 g/mol. The van der Waals surface area contributed by atoms with E-state index in [1.165, 1.54) is 24.8 Å². The van der Waals surface area contributed by atoms with Crippen LogP contribution < -0.4 is 5.73 Å². The van der Waals surface area contributed by atoms with E-state index in [-0.39, 0.29) is 17.0 Å². The Morgan fingerprint density at radius 1 is 1.16 bits per heavy atom. The molecule has 126 valence electrons. The van der Waals surface area contributed by atoms with Gasteiger partial charge in [-0.3, -0.25) is 4.99 Å². The van der Waals surface area contributed by atoms with Crippen molar-refractivity contribution in [2.75, 3.05) is 0 Å². The van der Waals surface area contributed by atoms with Gasteiger partial charge in [0.25, 0.3) is 0 Å². The van der Waals surface area contributed by atoms with Crippen LogP contribution in [0, 0.1) is 11.6 Å². The van der Waals surface area contributed by atoms with Crippen LogP contribution in [-0.2, 0) is 12.1 Å². The summed E-state index contributed by atoms with van der Waals surface area (Å²) in [4.78, 5) is 16.4. The van der Waals surface area contributed by atoms with Crippen LogP contribution in [0.4, 0.5) is 8.78 Å². The maximum atomic E-state index is 14.6. The van der Waals surface area contributed by atoms with Crippen molar-refractivity contribution < 1.29 is 8.78 Å². The van der Waals surface area contributed by atoms with Gasteiger partial charge in [-0.2, -0.15) is 0 Å². The Kier molecular flexibility index (Phi) is 3.34. The molecule has 3 aromatic rings. The number of nitrogens with two attached hydrogens (primary N) is 1. The highest BCUT2D eigenvalue weighted by molar-refractivity contribution is 5.95. The number of benzene rings is 1. The first kappa shape index (κ1) is 15.4. The number of rotatable bonds is 2. The van der Waals surface area contributed by atoms with Crippen LogP contribution in [0.2, 0.25) is 0 Å². The van der Waals surface area contributed by atoms with Gasteiger partial charge in [0.1, 0.15) is 23.5 Å². The lowest BCUT2D eigenvalue weighted by atomic mass is 9.88. The molecule has 1 unspecified atom stereocenters. The molecule has 2 aromatic heterocycles. The van der Waals surface area contributed by atoms with Gasteiger partial charge in [-0.1, -0.05) is 0 Å². The topological polar surface area (TPSA) is 82.0 Å². The molecule has 0 aliphatic carbocycles. The summed E-state index contributed by atoms with van der Waals surface area (Å²) in [6.07, 6.45) is 7.66. The summed E-state index contributed by atoms with van der Waals surface area (Å²) in [5.74, 6) is -0.611. The van der Waals surface area contributed by atoms with Crippen LogP contribution in [0.1, 0.15) is 18.3 Å². The van der Waals surface area contributed by atoms with Crippen LogP contribution in [0.15, 0.2) is 48.2 Å². The number of halogens is 2. The van der Waals surface area contributed by atoms with Crippen molar-refractivity contribution in [1.82, 2.24) is 19.5 Å². The van der Waals surface area contributed by atoms with Crippen LogP contribution in [0.25, 0.3) is 11.1 Å². The van der Waals surface area contributed by atoms with E-state index in [4.69, 9.17) is 5.73 Å². The van der Waals surface area contributed by atoms with Gasteiger partial charge >= 0.3 is 0 Å². The van der Waals surface area contributed by atoms with Gasteiger partial charge in [-0.15, -0.1) is 0 Å². The molecule has 0 spiro atoms. The number of imidazole rings is 1. The van der Waals surface area contributed by atoms with Crippen molar-refractivity contribution in [1.29, 1.82) is 0 Å². The summed E-state index contributed by atoms with van der Waals surface area (Å²) in [6, 6.07) is 2.31. The number of aliphatic imine (C=N–C) groups is 1. The zero-order chi connectivity index (χ0) is 17.6. The third-order valence-electron chi connectivity index (χ3n) is 4.30. The molecule has 0 saturated heterocycles. The maximum Gasteiger partial charge on any atom is 0.175 e. The summed E-state index contributed by atoms with van der Waals surface area (Å²) in [7, 11) is 0. The van der Waals surface area contributed by atoms with E-state index >= 15 is 0 Å². The Labute approximate surface area is 142 Å². The molecule has 1 aliphatic heterocycles. The molecule has 3 heterocycles. The molecule has 8 heteroatoms. The fraction of sp³-hybridized carbons (Fsp3) is 0.176. The van der Waals surface area contributed by atoms with Crippen LogP contribution in [0.3, 0.4) is 0 Å². The first-order valence-electron chi connectivity index (χ1n) is 7.60. The van der Waals surface area contributed by atoms with E-state index in [0.29, 0.717) is 17.9 Å². The molecule has 2 N–H and O–H groups in total. The van der Waals surface area contributed by atoms with Crippen LogP contribution in [0.5, 0.6) is 0 Å². The third kappa shape index (κ3) is 2.46. The van der Waals surface area contributed by atoms with Gasteiger partial charge in [0.2, 0.25) is 0 Å². The highest BCUT2D eigenvalue weighted by Crippen LogP contribution is 2.36. The summed E-state index contributed by atoms with van der Waals surface area (Å²) in [5, 5.41) is 0. The second kappa shape index (κ2) is 5.44. The summed E-state index contributed by atoms with van der Waals surface area (Å²) in [5.41, 5.74) is 5.91. The average Bonchev–Trinajstić information content (AvgIpc) is 3.04. The summed E-state index contributed by atoms with van der Waals surface area (Å²) < 4.78 is 30.7. The predicted octanol–water partition coefficient (Wildman–Crippen LogP) is 2.25. The largest absolute Gasteiger partial charge is 0.381 e. The molecule has 1 aromatic carbocycles. The first-order chi connectivity index (χ1) is 12.0. The summed E-state index contributed by atoms with van der Waals surface area (Å²) >= 11 is 0. The van der Waals surface area contributed by atoms with Crippen LogP contribution in [-0.4, -0.2) is 25.4 Å². The fourth-order valence-electron chi connectivity index (χ4n) is 3.12. The van der Waals surface area contributed by atoms with Crippen molar-refractivity contribution >= 4 is 5.84 Å². The van der Waals surface area contributed by atoms with Crippen molar-refractivity contribution in [3.05, 3.63) is 66.3 Å². The minimum atomic E-state index is -0.986. The minimum Gasteiger partial charge on any atom is -0.381 e. The molecule has 4 rings (SSSR count). The second-order valence-corrected chi connectivity index (χ2v) is 6.09. The lowest BCUT2D eigenvalue weighted by Crippen LogP contribution is -2.37. The fourth-order valence-corrected chi connectivity index (χ4v) is 3.12. The Morgan fingerprint density at radius 2 is 1.92 bits per heavy atom. The standard InChI is InChI=1S/C17H14F2N6/c1-17(8-25-3-2-23-16(25)15(20)24-17)12-4-11(13(18)5-14(12)19)10-6-21-9-22-7-10/h2-7,9H,8H2,1H3,(H2,20,24). The number of aromatic nitrogens is 4. The van der Waals surface area contributed by atoms with E-state index in [0.717, 1.165) is 6.07 Å². The summed E-state index contributed by atoms with van der Waals surface area (Å²) in [6.45, 7) is 2.10. The van der Waals surface area contributed by atoms with Crippen molar-refractivity contribution in [3.8, 4) is 11.1 Å². The molecular formula is C17H14F2N6. The normalized spacial score (nSPS) is 19.4. The number of amidine groups is 1. The van der Waals surface area contributed by atoms with E-state index in [1.807, 2.05) is 0 Å². The van der Waals surface area contributed by atoms with Gasteiger partial charge in [0.05, 0.1) is 6.54 Å². The maximum absolute atomic E-state index is 14.6. The Morgan fingerprint density at radius 3 is 2.68 bits per heavy atom. The molecule has 1 aliphatic rings. The molecule has 0 bridgehead atoms. The molecule has 1 atom stereocenters. The second-order valence-electron chi connectivity index (χ2n) is 6.09. The molecule has 0 fully saturated rings. The zero-order valence-electron chi connectivity index (χ0n) is 13.3. The first-order valence-corrected chi connectivity index (χ1v) is 7.60. The van der Waals surface area contributed by atoms with Gasteiger partial charge in [-0.05, 0) is 13.0 Å². The lowest BCUT2D eigenvalue weighted by molar-refractivity contribution is 0.382. The number of hydrogen-bond donors (Lipinski definition) is 1. The Hall–Kier alpha value is -3.16. The van der Waals surface area contributed by atoms with Crippen LogP contribution >= 0.6 is 0 Å². The molecular weight excluding hydrogens is 326 g/mol. The highest BCUT2D eigenvalue weighted by Gasteiger charge is 2.35. The number of nitrogens with zero attached hydrogens (tertiary/aromatic N) is 5. The zero-order valence-corrected chi connectivity index (χ0v) is 13.3. The van der Waals surface area contributed by atoms with Crippen molar-refractivity contribution in [2.45, 2.75) is 19.0 Å². The SMILES string of the molecule is CC1(c2cc(-c3cncnc3)c(F)cc2F)Cn2ccnc2C(N)=N1. The number of fused-ring (bicyclic) bond motifs is 1. The molecule has 25 heavy (non-hydrogen) atoms. The average molecular weight is 340 g/mol. The third-order valence-corrected chi connectivity index (χ3v) is 4.30. The quantitative estimate of drug-likeness (QED) is 0.776.